The molecule has 0 atom stereocenters. The van der Waals surface area contributed by atoms with Crippen molar-refractivity contribution >= 4 is 18.5 Å². The van der Waals surface area contributed by atoms with E-state index in [-0.39, 0.29) is 6.79 Å². The highest BCUT2D eigenvalue weighted by Gasteiger charge is 2.15. The van der Waals surface area contributed by atoms with Crippen LogP contribution in [-0.4, -0.2) is 19.2 Å². The lowest BCUT2D eigenvalue weighted by Crippen LogP contribution is -1.93. The van der Waals surface area contributed by atoms with Crippen molar-refractivity contribution in [3.8, 4) is 11.5 Å². The van der Waals surface area contributed by atoms with Crippen LogP contribution in [0.4, 0.5) is 0 Å². The van der Waals surface area contributed by atoms with Crippen molar-refractivity contribution in [2.45, 2.75) is 6.92 Å². The maximum Gasteiger partial charge on any atom is 0.231 e. The van der Waals surface area contributed by atoms with E-state index in [1.165, 1.54) is 0 Å². The first kappa shape index (κ1) is 12.1. The summed E-state index contributed by atoms with van der Waals surface area (Å²) in [6.07, 6.45) is 7.51. The predicted octanol–water partition coefficient (Wildman–Crippen LogP) is 3.06. The maximum atomic E-state index is 5.41. The average Bonchev–Trinajstić information content (AvgIpc) is 2.85. The van der Waals surface area contributed by atoms with Gasteiger partial charge in [0, 0.05) is 12.3 Å². The molecule has 0 aromatic heterocycles. The lowest BCUT2D eigenvalue weighted by atomic mass is 10.1. The molecule has 0 saturated carbocycles. The van der Waals surface area contributed by atoms with Crippen LogP contribution in [0.5, 0.6) is 11.5 Å². The van der Waals surface area contributed by atoms with E-state index in [4.69, 9.17) is 9.47 Å². The average molecular weight is 242 g/mol. The highest BCUT2D eigenvalue weighted by atomic mass is 16.7. The van der Waals surface area contributed by atoms with E-state index in [2.05, 4.69) is 16.9 Å². The molecule has 1 heterocycles. The van der Waals surface area contributed by atoms with Gasteiger partial charge in [0.1, 0.15) is 0 Å². The highest BCUT2D eigenvalue weighted by Crippen LogP contribution is 2.35. The fraction of sp³-hybridized carbons (Fsp3) is 0.143. The summed E-state index contributed by atoms with van der Waals surface area (Å²) in [5, 5.41) is 7.43. The molecule has 0 unspecified atom stereocenters. The zero-order valence-electron chi connectivity index (χ0n) is 10.2. The van der Waals surface area contributed by atoms with Gasteiger partial charge in [0.15, 0.2) is 11.5 Å². The summed E-state index contributed by atoms with van der Waals surface area (Å²) in [4.78, 5) is 0. The number of benzene rings is 1. The van der Waals surface area contributed by atoms with E-state index >= 15 is 0 Å². The van der Waals surface area contributed by atoms with Crippen molar-refractivity contribution in [2.24, 2.45) is 10.2 Å². The molecule has 2 rings (SSSR count). The van der Waals surface area contributed by atoms with Gasteiger partial charge in [0.2, 0.25) is 6.79 Å². The molecule has 0 radical (unpaired) electrons. The molecule has 0 aliphatic carbocycles. The lowest BCUT2D eigenvalue weighted by molar-refractivity contribution is 0.174. The molecule has 1 aromatic carbocycles. The van der Waals surface area contributed by atoms with E-state index in [0.29, 0.717) is 0 Å². The smallest absolute Gasteiger partial charge is 0.231 e. The van der Waals surface area contributed by atoms with Gasteiger partial charge >= 0.3 is 0 Å². The van der Waals surface area contributed by atoms with Crippen molar-refractivity contribution in [1.82, 2.24) is 0 Å². The minimum absolute atomic E-state index is 0.268. The summed E-state index contributed by atoms with van der Waals surface area (Å²) >= 11 is 0. The Balaban J connectivity index is 2.26. The van der Waals surface area contributed by atoms with Crippen molar-refractivity contribution in [1.29, 1.82) is 0 Å². The van der Waals surface area contributed by atoms with Gasteiger partial charge in [-0.15, -0.1) is 0 Å². The third-order valence-electron chi connectivity index (χ3n) is 2.38. The number of ether oxygens (including phenoxy) is 2. The summed E-state index contributed by atoms with van der Waals surface area (Å²) in [5.41, 5.74) is 1.68. The fourth-order valence-corrected chi connectivity index (χ4v) is 1.63. The summed E-state index contributed by atoms with van der Waals surface area (Å²) < 4.78 is 10.7. The first-order chi connectivity index (χ1) is 8.85. The lowest BCUT2D eigenvalue weighted by Gasteiger charge is -2.00. The SMILES string of the molecule is C=N/N=C(\C=C/C)/C=C/c1cccc2c1OCO2. The molecule has 0 bridgehead atoms. The Labute approximate surface area is 106 Å². The van der Waals surface area contributed by atoms with Gasteiger partial charge in [-0.2, -0.15) is 10.2 Å². The Morgan fingerprint density at radius 1 is 1.33 bits per heavy atom. The molecule has 0 amide bonds. The standard InChI is InChI=1S/C14H14N2O2/c1-3-5-12(16-15-2)9-8-11-6-4-7-13-14(11)18-10-17-13/h3-9H,2,10H2,1H3/b5-3-,9-8+,16-12+. The van der Waals surface area contributed by atoms with E-state index in [9.17, 15) is 0 Å². The fourth-order valence-electron chi connectivity index (χ4n) is 1.63. The van der Waals surface area contributed by atoms with Crippen LogP contribution < -0.4 is 9.47 Å². The van der Waals surface area contributed by atoms with Crippen molar-refractivity contribution in [3.63, 3.8) is 0 Å². The molecular formula is C14H14N2O2. The van der Waals surface area contributed by atoms with Crippen LogP contribution >= 0.6 is 0 Å². The molecule has 1 aliphatic rings. The maximum absolute atomic E-state index is 5.41. The van der Waals surface area contributed by atoms with Gasteiger partial charge in [-0.25, -0.2) is 0 Å². The summed E-state index contributed by atoms with van der Waals surface area (Å²) in [5.74, 6) is 1.53. The van der Waals surface area contributed by atoms with Crippen LogP contribution in [-0.2, 0) is 0 Å². The van der Waals surface area contributed by atoms with E-state index in [1.807, 2.05) is 49.4 Å². The summed E-state index contributed by atoms with van der Waals surface area (Å²) in [7, 11) is 0. The second kappa shape index (κ2) is 5.82. The summed E-state index contributed by atoms with van der Waals surface area (Å²) in [6, 6.07) is 5.76. The third-order valence-corrected chi connectivity index (χ3v) is 2.38. The van der Waals surface area contributed by atoms with Gasteiger partial charge in [0.25, 0.3) is 0 Å². The second-order valence-electron chi connectivity index (χ2n) is 3.58. The Hall–Kier alpha value is -2.36. The molecule has 92 valence electrons. The number of para-hydroxylation sites is 1. The highest BCUT2D eigenvalue weighted by molar-refractivity contribution is 6.06. The predicted molar refractivity (Wildman–Crippen MR) is 73.4 cm³/mol. The first-order valence-electron chi connectivity index (χ1n) is 5.58. The van der Waals surface area contributed by atoms with Gasteiger partial charge in [-0.3, -0.25) is 0 Å². The van der Waals surface area contributed by atoms with Crippen molar-refractivity contribution in [3.05, 3.63) is 42.0 Å². The second-order valence-corrected chi connectivity index (χ2v) is 3.58. The number of hydrogen-bond donors (Lipinski definition) is 0. The van der Waals surface area contributed by atoms with Crippen LogP contribution in [0.2, 0.25) is 0 Å². The van der Waals surface area contributed by atoms with Gasteiger partial charge < -0.3 is 9.47 Å². The Kier molecular flexibility index (Phi) is 3.91. The van der Waals surface area contributed by atoms with Crippen LogP contribution in [0.3, 0.4) is 0 Å². The molecule has 4 heteroatoms. The van der Waals surface area contributed by atoms with Crippen LogP contribution in [0.1, 0.15) is 12.5 Å². The Morgan fingerprint density at radius 3 is 3.00 bits per heavy atom. The molecule has 4 nitrogen and oxygen atoms in total. The largest absolute Gasteiger partial charge is 0.454 e. The number of hydrogen-bond acceptors (Lipinski definition) is 4. The molecular weight excluding hydrogens is 228 g/mol. The van der Waals surface area contributed by atoms with Crippen LogP contribution in [0.25, 0.3) is 6.08 Å². The number of rotatable bonds is 4. The molecule has 1 aromatic rings. The van der Waals surface area contributed by atoms with Gasteiger partial charge in [-0.1, -0.05) is 18.2 Å². The van der Waals surface area contributed by atoms with Gasteiger partial charge in [-0.05, 0) is 31.2 Å². The minimum Gasteiger partial charge on any atom is -0.454 e. The molecule has 18 heavy (non-hydrogen) atoms. The molecule has 0 spiro atoms. The normalized spacial score (nSPS) is 14.6. The van der Waals surface area contributed by atoms with Gasteiger partial charge in [0.05, 0.1) is 5.71 Å². The zero-order valence-corrected chi connectivity index (χ0v) is 10.2. The van der Waals surface area contributed by atoms with Crippen LogP contribution in [0.15, 0.2) is 46.6 Å². The first-order valence-corrected chi connectivity index (χ1v) is 5.58. The quantitative estimate of drug-likeness (QED) is 0.601. The Bertz CT molecular complexity index is 531. The third kappa shape index (κ3) is 2.66. The molecule has 0 N–H and O–H groups in total. The summed E-state index contributed by atoms with van der Waals surface area (Å²) in [6.45, 7) is 5.53. The minimum atomic E-state index is 0.268. The van der Waals surface area contributed by atoms with E-state index < -0.39 is 0 Å². The zero-order chi connectivity index (χ0) is 12.8. The molecule has 0 saturated heterocycles. The molecule has 0 fully saturated rings. The number of allylic oxidation sites excluding steroid dienone is 3. The van der Waals surface area contributed by atoms with Crippen molar-refractivity contribution in [2.75, 3.05) is 6.79 Å². The van der Waals surface area contributed by atoms with E-state index in [0.717, 1.165) is 22.8 Å². The monoisotopic (exact) mass is 242 g/mol. The van der Waals surface area contributed by atoms with Crippen LogP contribution in [0, 0.1) is 0 Å². The number of fused-ring (bicyclic) bond motifs is 1. The molecule has 1 aliphatic heterocycles. The van der Waals surface area contributed by atoms with Crippen molar-refractivity contribution < 1.29 is 9.47 Å². The van der Waals surface area contributed by atoms with E-state index in [1.54, 1.807) is 0 Å². The Morgan fingerprint density at radius 2 is 2.22 bits per heavy atom. The topological polar surface area (TPSA) is 43.2 Å². The number of nitrogens with zero attached hydrogens (tertiary/aromatic N) is 2.